The third-order valence-electron chi connectivity index (χ3n) is 3.08. The molecule has 0 radical (unpaired) electrons. The second kappa shape index (κ2) is 5.90. The predicted molar refractivity (Wildman–Crippen MR) is 67.0 cm³/mol. The van der Waals surface area contributed by atoms with Gasteiger partial charge in [0, 0.05) is 6.54 Å². The summed E-state index contributed by atoms with van der Waals surface area (Å²) in [4.78, 5) is 2.53. The highest BCUT2D eigenvalue weighted by Gasteiger charge is 2.10. The average Bonchev–Trinajstić information content (AvgIpc) is 2.77. The molecule has 0 spiro atoms. The topological polar surface area (TPSA) is 12.5 Å². The molecule has 1 heterocycles. The van der Waals surface area contributed by atoms with Crippen molar-refractivity contribution in [2.24, 2.45) is 0 Å². The lowest BCUT2D eigenvalue weighted by atomic mass is 10.2. The Labute approximate surface area is 98.2 Å². The van der Waals surface area contributed by atoms with Crippen molar-refractivity contribution < 1.29 is 4.74 Å². The van der Waals surface area contributed by atoms with Gasteiger partial charge in [-0.1, -0.05) is 12.1 Å². The second-order valence-corrected chi connectivity index (χ2v) is 4.57. The van der Waals surface area contributed by atoms with Gasteiger partial charge in [-0.2, -0.15) is 0 Å². The van der Waals surface area contributed by atoms with E-state index in [2.05, 4.69) is 24.0 Å². The maximum absolute atomic E-state index is 5.72. The van der Waals surface area contributed by atoms with Crippen LogP contribution in [0.25, 0.3) is 0 Å². The van der Waals surface area contributed by atoms with Crippen LogP contribution in [0.1, 0.15) is 24.8 Å². The van der Waals surface area contributed by atoms with Crippen molar-refractivity contribution in [2.45, 2.75) is 26.2 Å². The Kier molecular flexibility index (Phi) is 4.23. The zero-order valence-electron chi connectivity index (χ0n) is 10.1. The van der Waals surface area contributed by atoms with Crippen molar-refractivity contribution in [3.63, 3.8) is 0 Å². The summed E-state index contributed by atoms with van der Waals surface area (Å²) in [6.45, 7) is 6.68. The molecule has 88 valence electrons. The quantitative estimate of drug-likeness (QED) is 0.706. The van der Waals surface area contributed by atoms with Crippen LogP contribution in [0.15, 0.2) is 24.3 Å². The minimum Gasteiger partial charge on any atom is -0.494 e. The van der Waals surface area contributed by atoms with Crippen LogP contribution in [0, 0.1) is 6.92 Å². The Balaban J connectivity index is 1.64. The van der Waals surface area contributed by atoms with Gasteiger partial charge in [0.25, 0.3) is 0 Å². The summed E-state index contributed by atoms with van der Waals surface area (Å²) in [5.74, 6) is 1.00. The highest BCUT2D eigenvalue weighted by molar-refractivity contribution is 5.27. The van der Waals surface area contributed by atoms with Crippen molar-refractivity contribution in [1.29, 1.82) is 0 Å². The van der Waals surface area contributed by atoms with Crippen LogP contribution in [-0.2, 0) is 0 Å². The highest BCUT2D eigenvalue weighted by atomic mass is 16.5. The van der Waals surface area contributed by atoms with Crippen molar-refractivity contribution in [1.82, 2.24) is 4.90 Å². The standard InChI is InChI=1S/C14H21NO/c1-13-6-4-7-14(12-13)16-11-5-10-15-8-2-3-9-15/h4,6-7,12H,2-3,5,8-11H2,1H3. The second-order valence-electron chi connectivity index (χ2n) is 4.57. The van der Waals surface area contributed by atoms with Gasteiger partial charge >= 0.3 is 0 Å². The molecular formula is C14H21NO. The lowest BCUT2D eigenvalue weighted by Gasteiger charge is -2.14. The summed E-state index contributed by atoms with van der Waals surface area (Å²) in [6, 6.07) is 8.26. The molecule has 0 aliphatic carbocycles. The van der Waals surface area contributed by atoms with E-state index in [1.165, 1.54) is 38.0 Å². The van der Waals surface area contributed by atoms with E-state index < -0.39 is 0 Å². The summed E-state index contributed by atoms with van der Waals surface area (Å²) in [6.07, 6.45) is 3.88. The number of hydrogen-bond donors (Lipinski definition) is 0. The number of rotatable bonds is 5. The van der Waals surface area contributed by atoms with Crippen molar-refractivity contribution in [3.8, 4) is 5.75 Å². The van der Waals surface area contributed by atoms with Crippen LogP contribution >= 0.6 is 0 Å². The minimum atomic E-state index is 0.833. The molecule has 16 heavy (non-hydrogen) atoms. The molecule has 1 aliphatic heterocycles. The SMILES string of the molecule is Cc1cccc(OCCCN2CCCC2)c1. The molecule has 0 aromatic heterocycles. The molecule has 2 nitrogen and oxygen atoms in total. The Morgan fingerprint density at radius 1 is 1.25 bits per heavy atom. The van der Waals surface area contributed by atoms with Crippen LogP contribution in [0.4, 0.5) is 0 Å². The molecule has 0 atom stereocenters. The maximum atomic E-state index is 5.72. The van der Waals surface area contributed by atoms with Gasteiger partial charge in [0.05, 0.1) is 6.61 Å². The Morgan fingerprint density at radius 3 is 2.81 bits per heavy atom. The molecule has 1 aromatic rings. The Hall–Kier alpha value is -1.02. The average molecular weight is 219 g/mol. The van der Waals surface area contributed by atoms with Gasteiger partial charge < -0.3 is 9.64 Å². The summed E-state index contributed by atoms with van der Waals surface area (Å²) in [5.41, 5.74) is 1.26. The molecular weight excluding hydrogens is 198 g/mol. The third kappa shape index (κ3) is 3.53. The van der Waals surface area contributed by atoms with Crippen LogP contribution in [-0.4, -0.2) is 31.1 Å². The number of likely N-dealkylation sites (tertiary alicyclic amines) is 1. The number of benzene rings is 1. The van der Waals surface area contributed by atoms with Crippen molar-refractivity contribution in [2.75, 3.05) is 26.2 Å². The third-order valence-corrected chi connectivity index (χ3v) is 3.08. The number of nitrogens with zero attached hydrogens (tertiary/aromatic N) is 1. The smallest absolute Gasteiger partial charge is 0.119 e. The zero-order chi connectivity index (χ0) is 11.2. The van der Waals surface area contributed by atoms with Gasteiger partial charge in [0.2, 0.25) is 0 Å². The van der Waals surface area contributed by atoms with Crippen LogP contribution in [0.3, 0.4) is 0 Å². The van der Waals surface area contributed by atoms with Crippen molar-refractivity contribution >= 4 is 0 Å². The summed E-state index contributed by atoms with van der Waals surface area (Å²) in [5, 5.41) is 0. The Morgan fingerprint density at radius 2 is 2.06 bits per heavy atom. The van der Waals surface area contributed by atoms with Gasteiger partial charge in [0.1, 0.15) is 5.75 Å². The monoisotopic (exact) mass is 219 g/mol. The maximum Gasteiger partial charge on any atom is 0.119 e. The molecule has 1 aliphatic rings. The van der Waals surface area contributed by atoms with E-state index in [4.69, 9.17) is 4.74 Å². The molecule has 1 fully saturated rings. The fourth-order valence-electron chi connectivity index (χ4n) is 2.19. The molecule has 2 heteroatoms. The largest absolute Gasteiger partial charge is 0.494 e. The van der Waals surface area contributed by atoms with Crippen LogP contribution in [0.5, 0.6) is 5.75 Å². The molecule has 1 aromatic carbocycles. The molecule has 0 N–H and O–H groups in total. The van der Waals surface area contributed by atoms with E-state index in [-0.39, 0.29) is 0 Å². The van der Waals surface area contributed by atoms with Gasteiger partial charge in [-0.25, -0.2) is 0 Å². The van der Waals surface area contributed by atoms with Gasteiger partial charge in [-0.3, -0.25) is 0 Å². The molecule has 0 unspecified atom stereocenters. The molecule has 1 saturated heterocycles. The van der Waals surface area contributed by atoms with E-state index in [0.29, 0.717) is 0 Å². The summed E-state index contributed by atoms with van der Waals surface area (Å²) < 4.78 is 5.72. The number of aryl methyl sites for hydroxylation is 1. The molecule has 0 saturated carbocycles. The van der Waals surface area contributed by atoms with Gasteiger partial charge in [-0.15, -0.1) is 0 Å². The number of hydrogen-bond acceptors (Lipinski definition) is 2. The first-order valence-corrected chi connectivity index (χ1v) is 6.26. The lowest BCUT2D eigenvalue weighted by Crippen LogP contribution is -2.21. The normalized spacial score (nSPS) is 16.6. The molecule has 0 bridgehead atoms. The number of ether oxygens (including phenoxy) is 1. The first-order chi connectivity index (χ1) is 7.84. The molecule has 2 rings (SSSR count). The van der Waals surface area contributed by atoms with Gasteiger partial charge in [0.15, 0.2) is 0 Å². The molecule has 0 amide bonds. The lowest BCUT2D eigenvalue weighted by molar-refractivity contribution is 0.263. The first kappa shape index (κ1) is 11.5. The fraction of sp³-hybridized carbons (Fsp3) is 0.571. The minimum absolute atomic E-state index is 0.833. The van der Waals surface area contributed by atoms with E-state index in [1.54, 1.807) is 0 Å². The van der Waals surface area contributed by atoms with Gasteiger partial charge in [-0.05, 0) is 57.0 Å². The highest BCUT2D eigenvalue weighted by Crippen LogP contribution is 2.13. The van der Waals surface area contributed by atoms with E-state index in [1.807, 2.05) is 12.1 Å². The van der Waals surface area contributed by atoms with Crippen LogP contribution < -0.4 is 4.74 Å². The first-order valence-electron chi connectivity index (χ1n) is 6.26. The van der Waals surface area contributed by atoms with E-state index in [0.717, 1.165) is 18.8 Å². The zero-order valence-corrected chi connectivity index (χ0v) is 10.1. The fourth-order valence-corrected chi connectivity index (χ4v) is 2.19. The summed E-state index contributed by atoms with van der Waals surface area (Å²) in [7, 11) is 0. The summed E-state index contributed by atoms with van der Waals surface area (Å²) >= 11 is 0. The van der Waals surface area contributed by atoms with E-state index in [9.17, 15) is 0 Å². The van der Waals surface area contributed by atoms with E-state index >= 15 is 0 Å². The predicted octanol–water partition coefficient (Wildman–Crippen LogP) is 2.86. The Bertz CT molecular complexity index is 318. The van der Waals surface area contributed by atoms with Crippen LogP contribution in [0.2, 0.25) is 0 Å². The van der Waals surface area contributed by atoms with Crippen molar-refractivity contribution in [3.05, 3.63) is 29.8 Å².